The van der Waals surface area contributed by atoms with Crippen molar-refractivity contribution in [2.24, 2.45) is 4.99 Å². The van der Waals surface area contributed by atoms with Crippen LogP contribution in [0.4, 0.5) is 0 Å². The first-order chi connectivity index (χ1) is 13.6. The molecule has 0 bridgehead atoms. The Hall–Kier alpha value is -2.00. The van der Waals surface area contributed by atoms with Gasteiger partial charge in [0.2, 0.25) is 0 Å². The molecule has 0 aromatic heterocycles. The molecule has 0 saturated carbocycles. The van der Waals surface area contributed by atoms with Crippen molar-refractivity contribution in [3.8, 4) is 11.5 Å². The van der Waals surface area contributed by atoms with Crippen LogP contribution in [0.5, 0.6) is 11.5 Å². The number of halogens is 1. The lowest BCUT2D eigenvalue weighted by atomic mass is 10.1. The van der Waals surface area contributed by atoms with Gasteiger partial charge in [0.1, 0.15) is 18.1 Å². The molecule has 0 aliphatic heterocycles. The first-order valence-corrected chi connectivity index (χ1v) is 9.62. The van der Waals surface area contributed by atoms with E-state index < -0.39 is 0 Å². The Kier molecular flexibility index (Phi) is 12.1. The van der Waals surface area contributed by atoms with Gasteiger partial charge in [-0.2, -0.15) is 0 Å². The number of guanidine groups is 1. The Labute approximate surface area is 191 Å². The van der Waals surface area contributed by atoms with Crippen LogP contribution >= 0.6 is 24.0 Å². The summed E-state index contributed by atoms with van der Waals surface area (Å²) in [7, 11) is 5.80. The smallest absolute Gasteiger partial charge is 0.191 e. The molecule has 0 amide bonds. The molecule has 0 heterocycles. The molecule has 29 heavy (non-hydrogen) atoms. The number of rotatable bonds is 10. The van der Waals surface area contributed by atoms with Crippen molar-refractivity contribution < 1.29 is 9.47 Å². The van der Waals surface area contributed by atoms with Crippen LogP contribution in [-0.4, -0.2) is 51.8 Å². The molecule has 0 fully saturated rings. The van der Waals surface area contributed by atoms with E-state index in [0.29, 0.717) is 19.7 Å². The van der Waals surface area contributed by atoms with E-state index in [1.54, 1.807) is 7.11 Å². The van der Waals surface area contributed by atoms with Gasteiger partial charge >= 0.3 is 0 Å². The van der Waals surface area contributed by atoms with Gasteiger partial charge in [0.05, 0.1) is 20.2 Å². The van der Waals surface area contributed by atoms with Crippen molar-refractivity contribution in [1.29, 1.82) is 0 Å². The number of methoxy groups -OCH3 is 1. The highest BCUT2D eigenvalue weighted by Gasteiger charge is 2.00. The van der Waals surface area contributed by atoms with Crippen molar-refractivity contribution >= 4 is 29.9 Å². The summed E-state index contributed by atoms with van der Waals surface area (Å²) >= 11 is 0. The maximum absolute atomic E-state index is 5.74. The van der Waals surface area contributed by atoms with Crippen molar-refractivity contribution in [2.75, 3.05) is 40.9 Å². The average molecular weight is 512 g/mol. The number of benzene rings is 2. The largest absolute Gasteiger partial charge is 0.497 e. The fourth-order valence-electron chi connectivity index (χ4n) is 2.64. The summed E-state index contributed by atoms with van der Waals surface area (Å²) in [4.78, 5) is 6.81. The zero-order valence-electron chi connectivity index (χ0n) is 17.8. The van der Waals surface area contributed by atoms with Gasteiger partial charge in [-0.3, -0.25) is 0 Å². The van der Waals surface area contributed by atoms with Gasteiger partial charge in [-0.1, -0.05) is 24.3 Å². The molecule has 7 heteroatoms. The second-order valence-corrected chi connectivity index (χ2v) is 6.70. The van der Waals surface area contributed by atoms with Crippen molar-refractivity contribution in [3.63, 3.8) is 0 Å². The molecular formula is C22H33IN4O2. The van der Waals surface area contributed by atoms with E-state index >= 15 is 0 Å². The zero-order valence-corrected chi connectivity index (χ0v) is 20.1. The summed E-state index contributed by atoms with van der Waals surface area (Å²) in [6.45, 7) is 5.67. The minimum atomic E-state index is 0. The second kappa shape index (κ2) is 14.1. The van der Waals surface area contributed by atoms with Crippen LogP contribution in [0.3, 0.4) is 0 Å². The second-order valence-electron chi connectivity index (χ2n) is 6.70. The Balaban J connectivity index is 0.00000420. The van der Waals surface area contributed by atoms with E-state index in [2.05, 4.69) is 65.8 Å². The van der Waals surface area contributed by atoms with Crippen molar-refractivity contribution in [3.05, 3.63) is 59.7 Å². The average Bonchev–Trinajstić information content (AvgIpc) is 2.70. The standard InChI is InChI=1S/C22H32N4O2.HI/c1-5-23-22(24-14-15-28-21-12-10-20(27-4)11-13-21)25-16-18-6-8-19(9-7-18)17-26(2)3;/h6-13H,5,14-17H2,1-4H3,(H2,23,24,25);1H. The molecule has 0 unspecified atom stereocenters. The van der Waals surface area contributed by atoms with Crippen molar-refractivity contribution in [1.82, 2.24) is 15.5 Å². The van der Waals surface area contributed by atoms with E-state index in [0.717, 1.165) is 30.5 Å². The molecule has 2 aromatic carbocycles. The highest BCUT2D eigenvalue weighted by atomic mass is 127. The lowest BCUT2D eigenvalue weighted by Crippen LogP contribution is -2.39. The molecule has 0 spiro atoms. The number of nitrogens with one attached hydrogen (secondary N) is 2. The van der Waals surface area contributed by atoms with Gasteiger partial charge in [-0.15, -0.1) is 24.0 Å². The molecule has 0 saturated heterocycles. The summed E-state index contributed by atoms with van der Waals surface area (Å²) in [5.74, 6) is 2.43. The molecular weight excluding hydrogens is 479 g/mol. The summed E-state index contributed by atoms with van der Waals surface area (Å²) in [5.41, 5.74) is 2.49. The zero-order chi connectivity index (χ0) is 20.2. The third-order valence-corrected chi connectivity index (χ3v) is 4.01. The van der Waals surface area contributed by atoms with Gasteiger partial charge in [0.15, 0.2) is 5.96 Å². The minimum Gasteiger partial charge on any atom is -0.497 e. The van der Waals surface area contributed by atoms with Crippen LogP contribution in [0.1, 0.15) is 18.1 Å². The predicted molar refractivity (Wildman–Crippen MR) is 131 cm³/mol. The number of ether oxygens (including phenoxy) is 2. The highest BCUT2D eigenvalue weighted by molar-refractivity contribution is 14.0. The summed E-state index contributed by atoms with van der Waals surface area (Å²) < 4.78 is 10.9. The van der Waals surface area contributed by atoms with Crippen LogP contribution in [0.15, 0.2) is 53.5 Å². The maximum atomic E-state index is 5.74. The lowest BCUT2D eigenvalue weighted by molar-refractivity contribution is 0.321. The molecule has 0 aliphatic carbocycles. The Morgan fingerprint density at radius 1 is 0.931 bits per heavy atom. The van der Waals surface area contributed by atoms with Crippen LogP contribution in [0.2, 0.25) is 0 Å². The fraction of sp³-hybridized carbons (Fsp3) is 0.409. The highest BCUT2D eigenvalue weighted by Crippen LogP contribution is 2.16. The Morgan fingerprint density at radius 2 is 1.55 bits per heavy atom. The van der Waals surface area contributed by atoms with Crippen LogP contribution in [0, 0.1) is 0 Å². The van der Waals surface area contributed by atoms with Crippen molar-refractivity contribution in [2.45, 2.75) is 20.0 Å². The third kappa shape index (κ3) is 9.85. The van der Waals surface area contributed by atoms with E-state index in [-0.39, 0.29) is 24.0 Å². The molecule has 0 aliphatic rings. The number of hydrogen-bond acceptors (Lipinski definition) is 4. The summed E-state index contributed by atoms with van der Waals surface area (Å²) in [6.07, 6.45) is 0. The van der Waals surface area contributed by atoms with E-state index in [4.69, 9.17) is 9.47 Å². The number of nitrogens with zero attached hydrogens (tertiary/aromatic N) is 2. The lowest BCUT2D eigenvalue weighted by Gasteiger charge is -2.13. The molecule has 2 N–H and O–H groups in total. The summed E-state index contributed by atoms with van der Waals surface area (Å²) in [6, 6.07) is 16.2. The quantitative estimate of drug-likeness (QED) is 0.221. The van der Waals surface area contributed by atoms with Gasteiger partial charge in [-0.25, -0.2) is 4.99 Å². The summed E-state index contributed by atoms with van der Waals surface area (Å²) in [5, 5.41) is 6.57. The monoisotopic (exact) mass is 512 g/mol. The normalized spacial score (nSPS) is 11.0. The third-order valence-electron chi connectivity index (χ3n) is 4.01. The van der Waals surface area contributed by atoms with Crippen LogP contribution in [-0.2, 0) is 13.1 Å². The van der Waals surface area contributed by atoms with Gasteiger partial charge in [0, 0.05) is 13.1 Å². The fourth-order valence-corrected chi connectivity index (χ4v) is 2.64. The Bertz CT molecular complexity index is 719. The minimum absolute atomic E-state index is 0. The van der Waals surface area contributed by atoms with Gasteiger partial charge in [-0.05, 0) is 56.4 Å². The van der Waals surface area contributed by atoms with E-state index in [9.17, 15) is 0 Å². The topological polar surface area (TPSA) is 58.1 Å². The number of hydrogen-bond donors (Lipinski definition) is 2. The number of aliphatic imine (C=N–C) groups is 1. The van der Waals surface area contributed by atoms with Gasteiger partial charge in [0.25, 0.3) is 0 Å². The van der Waals surface area contributed by atoms with E-state index in [1.807, 2.05) is 24.3 Å². The molecule has 0 radical (unpaired) electrons. The molecule has 160 valence electrons. The molecule has 2 aromatic rings. The SMILES string of the molecule is CCNC(=NCc1ccc(CN(C)C)cc1)NCCOc1ccc(OC)cc1.I. The maximum Gasteiger partial charge on any atom is 0.191 e. The molecule has 0 atom stereocenters. The van der Waals surface area contributed by atoms with Crippen LogP contribution < -0.4 is 20.1 Å². The van der Waals surface area contributed by atoms with Gasteiger partial charge < -0.3 is 25.0 Å². The first kappa shape index (κ1) is 25.0. The Morgan fingerprint density at radius 3 is 2.14 bits per heavy atom. The van der Waals surface area contributed by atoms with E-state index in [1.165, 1.54) is 11.1 Å². The van der Waals surface area contributed by atoms with Crippen LogP contribution in [0.25, 0.3) is 0 Å². The first-order valence-electron chi connectivity index (χ1n) is 9.62. The predicted octanol–water partition coefficient (Wildman–Crippen LogP) is 3.51. The molecule has 2 rings (SSSR count). The molecule has 6 nitrogen and oxygen atoms in total.